The van der Waals surface area contributed by atoms with Crippen LogP contribution in [0, 0.1) is 13.8 Å². The first-order valence-corrected chi connectivity index (χ1v) is 12.8. The summed E-state index contributed by atoms with van der Waals surface area (Å²) in [4.78, 5) is 27.9. The minimum atomic E-state index is -0.360. The lowest BCUT2D eigenvalue weighted by Gasteiger charge is -2.29. The summed E-state index contributed by atoms with van der Waals surface area (Å²) in [6, 6.07) is 3.38. The molecule has 1 unspecified atom stereocenters. The van der Waals surface area contributed by atoms with E-state index in [1.165, 1.54) is 6.33 Å². The first-order valence-electron chi connectivity index (χ1n) is 12.5. The van der Waals surface area contributed by atoms with Crippen molar-refractivity contribution in [1.29, 1.82) is 0 Å². The maximum atomic E-state index is 13.2. The van der Waals surface area contributed by atoms with Gasteiger partial charge in [-0.2, -0.15) is 5.10 Å². The van der Waals surface area contributed by atoms with E-state index >= 15 is 0 Å². The number of aliphatic hydroxyl groups excluding tert-OH is 1. The molecule has 1 aromatic carbocycles. The van der Waals surface area contributed by atoms with Crippen LogP contribution in [0.3, 0.4) is 0 Å². The summed E-state index contributed by atoms with van der Waals surface area (Å²) in [5.41, 5.74) is 11.0. The normalized spacial score (nSPS) is 15.2. The number of nitrogens with zero attached hydrogens (tertiary/aromatic N) is 6. The van der Waals surface area contributed by atoms with E-state index in [9.17, 15) is 9.90 Å². The second-order valence-electron chi connectivity index (χ2n) is 9.63. The van der Waals surface area contributed by atoms with Crippen molar-refractivity contribution in [2.24, 2.45) is 0 Å². The van der Waals surface area contributed by atoms with Crippen LogP contribution in [0.25, 0.3) is 22.2 Å². The number of nitrogens with two attached hydrogens (primary N) is 1. The summed E-state index contributed by atoms with van der Waals surface area (Å²) < 4.78 is 7.76. The minimum absolute atomic E-state index is 0.116. The number of aromatic nitrogens is 5. The molecule has 0 spiro atoms. The van der Waals surface area contributed by atoms with E-state index in [1.807, 2.05) is 32.9 Å². The Balaban J connectivity index is 1.60. The van der Waals surface area contributed by atoms with Gasteiger partial charge in [0.1, 0.15) is 17.9 Å². The van der Waals surface area contributed by atoms with Gasteiger partial charge < -0.3 is 20.5 Å². The van der Waals surface area contributed by atoms with Crippen molar-refractivity contribution < 1.29 is 14.6 Å². The van der Waals surface area contributed by atoms with Crippen molar-refractivity contribution >= 4 is 34.4 Å². The minimum Gasteiger partial charge on any atom is -0.496 e. The highest BCUT2D eigenvalue weighted by Gasteiger charge is 2.27. The molecule has 3 N–H and O–H groups in total. The number of amides is 1. The summed E-state index contributed by atoms with van der Waals surface area (Å²) in [6.07, 6.45) is 5.47. The zero-order valence-corrected chi connectivity index (χ0v) is 22.5. The number of nitrogen functional groups attached to an aromatic ring is 1. The van der Waals surface area contributed by atoms with E-state index in [2.05, 4.69) is 15.0 Å². The summed E-state index contributed by atoms with van der Waals surface area (Å²) in [7, 11) is 1.61. The number of piperidine rings is 1. The van der Waals surface area contributed by atoms with Crippen molar-refractivity contribution in [1.82, 2.24) is 29.6 Å². The Morgan fingerprint density at radius 2 is 1.95 bits per heavy atom. The molecule has 4 heterocycles. The van der Waals surface area contributed by atoms with Crippen LogP contribution in [-0.4, -0.2) is 66.9 Å². The first kappa shape index (κ1) is 25.9. The van der Waals surface area contributed by atoms with Gasteiger partial charge in [0.15, 0.2) is 5.65 Å². The van der Waals surface area contributed by atoms with Crippen molar-refractivity contribution in [3.05, 3.63) is 58.3 Å². The SMILES string of the molecule is COc1c(C(C)n2nc(C)c3c(N)ncnc32)cc(Cl)c(C)c1-c1cncc(C(=O)N2CCC(O)CC2)c1. The zero-order valence-electron chi connectivity index (χ0n) is 21.8. The maximum absolute atomic E-state index is 13.2. The molecule has 10 nitrogen and oxygen atoms in total. The quantitative estimate of drug-likeness (QED) is 0.392. The Hall–Kier alpha value is -3.76. The number of methoxy groups -OCH3 is 1. The van der Waals surface area contributed by atoms with Gasteiger partial charge in [0.25, 0.3) is 5.91 Å². The molecule has 0 aliphatic carbocycles. The fourth-order valence-corrected chi connectivity index (χ4v) is 5.35. The maximum Gasteiger partial charge on any atom is 0.255 e. The van der Waals surface area contributed by atoms with Crippen LogP contribution in [0.1, 0.15) is 53.0 Å². The van der Waals surface area contributed by atoms with Crippen molar-refractivity contribution in [3.63, 3.8) is 0 Å². The van der Waals surface area contributed by atoms with Crippen LogP contribution >= 0.6 is 11.6 Å². The number of anilines is 1. The second-order valence-corrected chi connectivity index (χ2v) is 10.0. The van der Waals surface area contributed by atoms with Crippen molar-refractivity contribution in [2.45, 2.75) is 45.8 Å². The average Bonchev–Trinajstić information content (AvgIpc) is 3.27. The Labute approximate surface area is 225 Å². The van der Waals surface area contributed by atoms with Crippen molar-refractivity contribution in [3.8, 4) is 16.9 Å². The number of hydrogen-bond acceptors (Lipinski definition) is 8. The number of pyridine rings is 1. The van der Waals surface area contributed by atoms with E-state index in [0.717, 1.165) is 22.4 Å². The number of fused-ring (bicyclic) bond motifs is 1. The molecular weight excluding hydrogens is 506 g/mol. The molecule has 1 aliphatic heterocycles. The van der Waals surface area contributed by atoms with E-state index in [4.69, 9.17) is 27.2 Å². The molecule has 38 heavy (non-hydrogen) atoms. The molecule has 5 rings (SSSR count). The van der Waals surface area contributed by atoms with Crippen LogP contribution in [0.5, 0.6) is 5.75 Å². The molecule has 1 atom stereocenters. The largest absolute Gasteiger partial charge is 0.496 e. The molecule has 1 amide bonds. The molecule has 0 saturated carbocycles. The molecule has 3 aromatic heterocycles. The lowest BCUT2D eigenvalue weighted by atomic mass is 9.94. The first-order chi connectivity index (χ1) is 18.2. The highest BCUT2D eigenvalue weighted by molar-refractivity contribution is 6.32. The van der Waals surface area contributed by atoms with Crippen LogP contribution in [-0.2, 0) is 0 Å². The summed E-state index contributed by atoms with van der Waals surface area (Å²) in [6.45, 7) is 6.79. The number of benzene rings is 1. The van der Waals surface area contributed by atoms with Gasteiger partial charge in [-0.3, -0.25) is 9.78 Å². The van der Waals surface area contributed by atoms with Crippen molar-refractivity contribution in [2.75, 3.05) is 25.9 Å². The molecular formula is C27H30ClN7O3. The van der Waals surface area contributed by atoms with Gasteiger partial charge in [-0.15, -0.1) is 0 Å². The monoisotopic (exact) mass is 535 g/mol. The highest BCUT2D eigenvalue weighted by atomic mass is 35.5. The predicted molar refractivity (Wildman–Crippen MR) is 145 cm³/mol. The summed E-state index contributed by atoms with van der Waals surface area (Å²) in [5.74, 6) is 0.862. The Bertz CT molecular complexity index is 1530. The lowest BCUT2D eigenvalue weighted by Crippen LogP contribution is -2.40. The van der Waals surface area contributed by atoms with Gasteiger partial charge in [-0.25, -0.2) is 14.6 Å². The molecule has 4 aromatic rings. The fourth-order valence-electron chi connectivity index (χ4n) is 5.14. The molecule has 1 saturated heterocycles. The third-order valence-electron chi connectivity index (χ3n) is 7.24. The van der Waals surface area contributed by atoms with Gasteiger partial charge in [0.05, 0.1) is 35.9 Å². The number of halogens is 1. The predicted octanol–water partition coefficient (Wildman–Crippen LogP) is 3.96. The molecule has 1 aliphatic rings. The van der Waals surface area contributed by atoms with Crippen LogP contribution in [0.2, 0.25) is 5.02 Å². The number of carbonyl (C=O) groups excluding carboxylic acids is 1. The van der Waals surface area contributed by atoms with Gasteiger partial charge in [-0.05, 0) is 51.3 Å². The molecule has 11 heteroatoms. The van der Waals surface area contributed by atoms with E-state index in [0.29, 0.717) is 64.7 Å². The topological polar surface area (TPSA) is 132 Å². The van der Waals surface area contributed by atoms with Gasteiger partial charge in [0, 0.05) is 47.2 Å². The fraction of sp³-hybridized carbons (Fsp3) is 0.370. The third kappa shape index (κ3) is 4.43. The Morgan fingerprint density at radius 3 is 2.66 bits per heavy atom. The lowest BCUT2D eigenvalue weighted by molar-refractivity contribution is 0.0546. The average molecular weight is 536 g/mol. The molecule has 0 bridgehead atoms. The van der Waals surface area contributed by atoms with Gasteiger partial charge in [0.2, 0.25) is 0 Å². The van der Waals surface area contributed by atoms with Crippen LogP contribution in [0.4, 0.5) is 5.82 Å². The van der Waals surface area contributed by atoms with Crippen LogP contribution < -0.4 is 10.5 Å². The van der Waals surface area contributed by atoms with E-state index in [1.54, 1.807) is 29.1 Å². The van der Waals surface area contributed by atoms with E-state index in [-0.39, 0.29) is 18.1 Å². The standard InChI is InChI=1S/C27H30ClN7O3/c1-14-21(28)10-20(16(3)35-26-23(15(2)33-35)25(29)31-13-32-26)24(38-4)22(14)17-9-18(12-30-11-17)27(37)34-7-5-19(36)6-8-34/h9-13,16,19,36H,5-8H2,1-4H3,(H2,29,31,32). The summed E-state index contributed by atoms with van der Waals surface area (Å²) in [5, 5.41) is 15.8. The number of aryl methyl sites for hydroxylation is 1. The smallest absolute Gasteiger partial charge is 0.255 e. The Kier molecular flexibility index (Phi) is 6.93. The highest BCUT2D eigenvalue weighted by Crippen LogP contribution is 2.43. The number of likely N-dealkylation sites (tertiary alicyclic amines) is 1. The second kappa shape index (κ2) is 10.2. The zero-order chi connectivity index (χ0) is 27.1. The van der Waals surface area contributed by atoms with Gasteiger partial charge in [-0.1, -0.05) is 11.6 Å². The number of hydrogen-bond donors (Lipinski definition) is 2. The number of aliphatic hydroxyl groups is 1. The summed E-state index contributed by atoms with van der Waals surface area (Å²) >= 11 is 6.77. The van der Waals surface area contributed by atoms with Crippen LogP contribution in [0.15, 0.2) is 30.9 Å². The van der Waals surface area contributed by atoms with Gasteiger partial charge >= 0.3 is 0 Å². The number of ether oxygens (including phenoxy) is 1. The number of carbonyl (C=O) groups is 1. The number of rotatable bonds is 5. The molecule has 1 fully saturated rings. The molecule has 0 radical (unpaired) electrons. The molecule has 198 valence electrons. The Morgan fingerprint density at radius 1 is 1.21 bits per heavy atom. The van der Waals surface area contributed by atoms with E-state index < -0.39 is 0 Å². The third-order valence-corrected chi connectivity index (χ3v) is 7.64.